The van der Waals surface area contributed by atoms with E-state index in [9.17, 15) is 0 Å². The zero-order chi connectivity index (χ0) is 12.3. The molecular formula is C12H13BrN4. The van der Waals surface area contributed by atoms with Crippen molar-refractivity contribution >= 4 is 15.9 Å². The summed E-state index contributed by atoms with van der Waals surface area (Å²) in [4.78, 5) is 0. The third-order valence-corrected chi connectivity index (χ3v) is 2.89. The van der Waals surface area contributed by atoms with Gasteiger partial charge in [0.1, 0.15) is 5.69 Å². The van der Waals surface area contributed by atoms with Crippen LogP contribution in [0, 0.1) is 0 Å². The SMILES string of the molecule is C=CCn1nnc(CN)c1-c1cccc(Br)c1. The maximum Gasteiger partial charge on any atom is 0.104 e. The Morgan fingerprint density at radius 1 is 1.47 bits per heavy atom. The molecule has 0 aliphatic heterocycles. The molecule has 0 spiro atoms. The first-order chi connectivity index (χ1) is 8.26. The molecule has 0 amide bonds. The summed E-state index contributed by atoms with van der Waals surface area (Å²) in [6.07, 6.45) is 1.79. The number of halogens is 1. The molecule has 0 bridgehead atoms. The molecule has 0 aliphatic rings. The highest BCUT2D eigenvalue weighted by Crippen LogP contribution is 2.25. The van der Waals surface area contributed by atoms with E-state index in [4.69, 9.17) is 5.73 Å². The smallest absolute Gasteiger partial charge is 0.104 e. The molecule has 17 heavy (non-hydrogen) atoms. The first-order valence-corrected chi connectivity index (χ1v) is 6.05. The van der Waals surface area contributed by atoms with Gasteiger partial charge in [-0.1, -0.05) is 39.4 Å². The number of benzene rings is 1. The van der Waals surface area contributed by atoms with Gasteiger partial charge in [-0.3, -0.25) is 0 Å². The highest BCUT2D eigenvalue weighted by atomic mass is 79.9. The van der Waals surface area contributed by atoms with Gasteiger partial charge in [0.2, 0.25) is 0 Å². The zero-order valence-corrected chi connectivity index (χ0v) is 10.9. The van der Waals surface area contributed by atoms with Crippen molar-refractivity contribution in [2.75, 3.05) is 0 Å². The summed E-state index contributed by atoms with van der Waals surface area (Å²) in [5.41, 5.74) is 8.48. The maximum absolute atomic E-state index is 5.68. The Morgan fingerprint density at radius 3 is 2.94 bits per heavy atom. The van der Waals surface area contributed by atoms with Gasteiger partial charge in [0.15, 0.2) is 0 Å². The van der Waals surface area contributed by atoms with Crippen LogP contribution >= 0.6 is 15.9 Å². The van der Waals surface area contributed by atoms with Gasteiger partial charge in [-0.25, -0.2) is 4.68 Å². The third-order valence-electron chi connectivity index (χ3n) is 2.40. The van der Waals surface area contributed by atoms with Crippen LogP contribution in [0.25, 0.3) is 11.3 Å². The van der Waals surface area contributed by atoms with E-state index >= 15 is 0 Å². The number of aromatic nitrogens is 3. The van der Waals surface area contributed by atoms with E-state index in [1.165, 1.54) is 0 Å². The number of rotatable bonds is 4. The molecule has 0 aliphatic carbocycles. The standard InChI is InChI=1S/C12H13BrN4/c1-2-6-17-12(11(8-14)15-16-17)9-4-3-5-10(13)7-9/h2-5,7H,1,6,8,14H2. The van der Waals surface area contributed by atoms with Gasteiger partial charge in [0, 0.05) is 16.6 Å². The lowest BCUT2D eigenvalue weighted by atomic mass is 10.1. The molecule has 2 N–H and O–H groups in total. The fourth-order valence-electron chi connectivity index (χ4n) is 1.69. The lowest BCUT2D eigenvalue weighted by Gasteiger charge is -2.06. The van der Waals surface area contributed by atoms with Crippen molar-refractivity contribution in [1.29, 1.82) is 0 Å². The monoisotopic (exact) mass is 292 g/mol. The molecule has 88 valence electrons. The van der Waals surface area contributed by atoms with Gasteiger partial charge in [-0.15, -0.1) is 11.7 Å². The van der Waals surface area contributed by atoms with Crippen LogP contribution in [0.15, 0.2) is 41.4 Å². The lowest BCUT2D eigenvalue weighted by molar-refractivity contribution is 0.667. The Bertz CT molecular complexity index is 533. The van der Waals surface area contributed by atoms with E-state index in [1.807, 2.05) is 24.3 Å². The Labute approximate surface area is 108 Å². The molecule has 1 aromatic heterocycles. The molecule has 0 atom stereocenters. The molecule has 0 fully saturated rings. The van der Waals surface area contributed by atoms with E-state index in [0.717, 1.165) is 21.4 Å². The average molecular weight is 293 g/mol. The molecule has 0 unspecified atom stereocenters. The van der Waals surface area contributed by atoms with Crippen molar-refractivity contribution in [3.8, 4) is 11.3 Å². The number of nitrogens with two attached hydrogens (primary N) is 1. The van der Waals surface area contributed by atoms with Gasteiger partial charge in [-0.2, -0.15) is 0 Å². The quantitative estimate of drug-likeness (QED) is 0.880. The van der Waals surface area contributed by atoms with Crippen LogP contribution in [0.3, 0.4) is 0 Å². The number of hydrogen-bond donors (Lipinski definition) is 1. The Kier molecular flexibility index (Phi) is 3.71. The number of hydrogen-bond acceptors (Lipinski definition) is 3. The number of allylic oxidation sites excluding steroid dienone is 1. The van der Waals surface area contributed by atoms with Crippen LogP contribution in [0.1, 0.15) is 5.69 Å². The second-order valence-corrected chi connectivity index (χ2v) is 4.49. The van der Waals surface area contributed by atoms with E-state index in [2.05, 4.69) is 32.8 Å². The van der Waals surface area contributed by atoms with Gasteiger partial charge in [0.25, 0.3) is 0 Å². The summed E-state index contributed by atoms with van der Waals surface area (Å²) in [7, 11) is 0. The second-order valence-electron chi connectivity index (χ2n) is 3.57. The van der Waals surface area contributed by atoms with Gasteiger partial charge >= 0.3 is 0 Å². The van der Waals surface area contributed by atoms with Crippen LogP contribution < -0.4 is 5.73 Å². The van der Waals surface area contributed by atoms with Crippen LogP contribution in [-0.2, 0) is 13.1 Å². The minimum absolute atomic E-state index is 0.374. The second kappa shape index (κ2) is 5.25. The number of nitrogens with zero attached hydrogens (tertiary/aromatic N) is 3. The Balaban J connectivity index is 2.55. The van der Waals surface area contributed by atoms with Crippen LogP contribution in [0.4, 0.5) is 0 Å². The first kappa shape index (κ1) is 12.0. The summed E-state index contributed by atoms with van der Waals surface area (Å²) in [6.45, 7) is 4.71. The zero-order valence-electron chi connectivity index (χ0n) is 9.31. The molecule has 1 heterocycles. The van der Waals surface area contributed by atoms with Crippen molar-refractivity contribution in [2.45, 2.75) is 13.1 Å². The summed E-state index contributed by atoms with van der Waals surface area (Å²) < 4.78 is 2.82. The molecule has 0 saturated heterocycles. The molecule has 5 heteroatoms. The van der Waals surface area contributed by atoms with E-state index < -0.39 is 0 Å². The Morgan fingerprint density at radius 2 is 2.29 bits per heavy atom. The highest BCUT2D eigenvalue weighted by molar-refractivity contribution is 9.10. The predicted octanol–water partition coefficient (Wildman–Crippen LogP) is 2.35. The lowest BCUT2D eigenvalue weighted by Crippen LogP contribution is -2.03. The minimum atomic E-state index is 0.374. The largest absolute Gasteiger partial charge is 0.325 e. The predicted molar refractivity (Wildman–Crippen MR) is 71.2 cm³/mol. The fraction of sp³-hybridized carbons (Fsp3) is 0.167. The van der Waals surface area contributed by atoms with Gasteiger partial charge < -0.3 is 5.73 Å². The topological polar surface area (TPSA) is 56.7 Å². The summed E-state index contributed by atoms with van der Waals surface area (Å²) in [6, 6.07) is 8.00. The molecule has 0 radical (unpaired) electrons. The molecular weight excluding hydrogens is 280 g/mol. The Hall–Kier alpha value is -1.46. The van der Waals surface area contributed by atoms with Crippen molar-refractivity contribution in [1.82, 2.24) is 15.0 Å². The van der Waals surface area contributed by atoms with Crippen molar-refractivity contribution in [2.24, 2.45) is 5.73 Å². The van der Waals surface area contributed by atoms with Gasteiger partial charge in [0.05, 0.1) is 12.2 Å². The van der Waals surface area contributed by atoms with E-state index in [1.54, 1.807) is 10.8 Å². The van der Waals surface area contributed by atoms with Crippen molar-refractivity contribution in [3.05, 3.63) is 47.1 Å². The molecule has 1 aromatic carbocycles. The summed E-state index contributed by atoms with van der Waals surface area (Å²) in [5.74, 6) is 0. The minimum Gasteiger partial charge on any atom is -0.325 e. The maximum atomic E-state index is 5.68. The third kappa shape index (κ3) is 2.45. The van der Waals surface area contributed by atoms with Crippen LogP contribution in [0.5, 0.6) is 0 Å². The molecule has 0 saturated carbocycles. The highest BCUT2D eigenvalue weighted by Gasteiger charge is 2.12. The molecule has 2 rings (SSSR count). The van der Waals surface area contributed by atoms with E-state index in [-0.39, 0.29) is 0 Å². The van der Waals surface area contributed by atoms with Crippen LogP contribution in [0.2, 0.25) is 0 Å². The van der Waals surface area contributed by atoms with E-state index in [0.29, 0.717) is 13.1 Å². The van der Waals surface area contributed by atoms with Crippen LogP contribution in [-0.4, -0.2) is 15.0 Å². The van der Waals surface area contributed by atoms with Crippen molar-refractivity contribution in [3.63, 3.8) is 0 Å². The van der Waals surface area contributed by atoms with Gasteiger partial charge in [-0.05, 0) is 12.1 Å². The normalized spacial score (nSPS) is 10.5. The summed E-state index contributed by atoms with van der Waals surface area (Å²) in [5, 5.41) is 8.17. The molecule has 4 nitrogen and oxygen atoms in total. The summed E-state index contributed by atoms with van der Waals surface area (Å²) >= 11 is 3.46. The van der Waals surface area contributed by atoms with Crippen molar-refractivity contribution < 1.29 is 0 Å². The average Bonchev–Trinajstić information content (AvgIpc) is 2.72. The fourth-order valence-corrected chi connectivity index (χ4v) is 2.09. The first-order valence-electron chi connectivity index (χ1n) is 5.25. The molecule has 2 aromatic rings.